The second-order valence-corrected chi connectivity index (χ2v) is 2.37. The van der Waals surface area contributed by atoms with Crippen molar-refractivity contribution in [1.29, 1.82) is 0 Å². The average Bonchev–Trinajstić information content (AvgIpc) is 2.27. The Balaban J connectivity index is 4.01. The molecule has 2 amide bonds. The van der Waals surface area contributed by atoms with Gasteiger partial charge in [0.05, 0.1) is 6.21 Å². The van der Waals surface area contributed by atoms with Gasteiger partial charge in [-0.3, -0.25) is 5.32 Å². The number of hydrogen-bond acceptors (Lipinski definition) is 5. The second-order valence-electron chi connectivity index (χ2n) is 2.37. The van der Waals surface area contributed by atoms with Crippen molar-refractivity contribution in [3.8, 4) is 0 Å². The summed E-state index contributed by atoms with van der Waals surface area (Å²) >= 11 is 0. The van der Waals surface area contributed by atoms with Crippen LogP contribution in [0.15, 0.2) is 4.99 Å². The fourth-order valence-electron chi connectivity index (χ4n) is 0.699. The van der Waals surface area contributed by atoms with E-state index in [1.54, 1.807) is 0 Å². The molecule has 0 aromatic rings. The largest absolute Gasteiger partial charge is 0.351 e. The zero-order valence-electron chi connectivity index (χ0n) is 9.22. The molecule has 0 aliphatic heterocycles. The molecule has 1 N–H and O–H groups in total. The molecule has 15 heavy (non-hydrogen) atoms. The molecule has 0 saturated carbocycles. The molecule has 7 nitrogen and oxygen atoms in total. The fourth-order valence-corrected chi connectivity index (χ4v) is 0.699. The first-order chi connectivity index (χ1) is 7.17. The molecule has 0 aliphatic rings. The van der Waals surface area contributed by atoms with E-state index in [0.717, 1.165) is 0 Å². The lowest BCUT2D eigenvalue weighted by Gasteiger charge is -2.12. The summed E-state index contributed by atoms with van der Waals surface area (Å²) in [6.45, 7) is 0. The Morgan fingerprint density at radius 1 is 1.13 bits per heavy atom. The van der Waals surface area contributed by atoms with Crippen molar-refractivity contribution in [2.45, 2.75) is 12.7 Å². The SMILES string of the molecule is COC(C=NC(=O)NC(OC)OC)OC. The number of ether oxygens (including phenoxy) is 4. The summed E-state index contributed by atoms with van der Waals surface area (Å²) in [6.07, 6.45) is -0.255. The van der Waals surface area contributed by atoms with Crippen molar-refractivity contribution in [2.75, 3.05) is 28.4 Å². The fraction of sp³-hybridized carbons (Fsp3) is 0.750. The minimum absolute atomic E-state index is 0.609. The second kappa shape index (κ2) is 8.30. The summed E-state index contributed by atoms with van der Waals surface area (Å²) in [5.41, 5.74) is 0. The topological polar surface area (TPSA) is 78.4 Å². The monoisotopic (exact) mass is 220 g/mol. The minimum atomic E-state index is -0.821. The molecule has 0 atom stereocenters. The van der Waals surface area contributed by atoms with Gasteiger partial charge in [0, 0.05) is 28.4 Å². The van der Waals surface area contributed by atoms with Crippen LogP contribution in [0.25, 0.3) is 0 Å². The van der Waals surface area contributed by atoms with Crippen LogP contribution >= 0.6 is 0 Å². The molecule has 88 valence electrons. The average molecular weight is 220 g/mol. The highest BCUT2D eigenvalue weighted by Crippen LogP contribution is 1.89. The number of hydrogen-bond donors (Lipinski definition) is 1. The summed E-state index contributed by atoms with van der Waals surface area (Å²) in [5.74, 6) is 0. The maximum atomic E-state index is 11.1. The first kappa shape index (κ1) is 14.0. The lowest BCUT2D eigenvalue weighted by molar-refractivity contribution is -0.114. The van der Waals surface area contributed by atoms with Gasteiger partial charge in [-0.05, 0) is 0 Å². The van der Waals surface area contributed by atoms with Crippen LogP contribution in [-0.2, 0) is 18.9 Å². The molecule has 7 heteroatoms. The standard InChI is InChI=1S/C8H16N2O5/c1-12-6(13-2)5-9-7(11)10-8(14-3)15-4/h5-6,8H,1-4H3,(H,10,11). The Morgan fingerprint density at radius 2 is 1.67 bits per heavy atom. The molecule has 0 unspecified atom stereocenters. The maximum absolute atomic E-state index is 11.1. The lowest BCUT2D eigenvalue weighted by atomic mass is 10.7. The quantitative estimate of drug-likeness (QED) is 0.502. The van der Waals surface area contributed by atoms with E-state index in [-0.39, 0.29) is 0 Å². The Bertz CT molecular complexity index is 201. The molecule has 0 aromatic heterocycles. The Labute approximate surface area is 88.4 Å². The van der Waals surface area contributed by atoms with Crippen molar-refractivity contribution in [2.24, 2.45) is 4.99 Å². The van der Waals surface area contributed by atoms with Crippen LogP contribution in [0.4, 0.5) is 4.79 Å². The molecular formula is C8H16N2O5. The number of carbonyl (C=O) groups is 1. The molecule has 0 saturated heterocycles. The molecule has 0 heterocycles. The summed E-state index contributed by atoms with van der Waals surface area (Å²) in [7, 11) is 5.66. The Morgan fingerprint density at radius 3 is 2.07 bits per heavy atom. The zero-order chi connectivity index (χ0) is 11.7. The van der Waals surface area contributed by atoms with E-state index in [1.807, 2.05) is 0 Å². The molecule has 0 aliphatic carbocycles. The first-order valence-corrected chi connectivity index (χ1v) is 4.13. The predicted octanol–water partition coefficient (Wildman–Crippen LogP) is -0.0379. The van der Waals surface area contributed by atoms with Gasteiger partial charge in [0.25, 0.3) is 0 Å². The van der Waals surface area contributed by atoms with Crippen LogP contribution < -0.4 is 5.32 Å². The third-order valence-electron chi connectivity index (χ3n) is 1.45. The van der Waals surface area contributed by atoms with Gasteiger partial charge in [0.2, 0.25) is 6.41 Å². The number of rotatable bonds is 6. The van der Waals surface area contributed by atoms with E-state index in [0.29, 0.717) is 0 Å². The van der Waals surface area contributed by atoms with E-state index < -0.39 is 18.7 Å². The van der Waals surface area contributed by atoms with Crippen LogP contribution in [0.5, 0.6) is 0 Å². The van der Waals surface area contributed by atoms with Crippen LogP contribution in [0.2, 0.25) is 0 Å². The molecule has 0 fully saturated rings. The molecule has 0 spiro atoms. The first-order valence-electron chi connectivity index (χ1n) is 4.13. The number of nitrogens with zero attached hydrogens (tertiary/aromatic N) is 1. The van der Waals surface area contributed by atoms with Crippen molar-refractivity contribution >= 4 is 12.2 Å². The zero-order valence-corrected chi connectivity index (χ0v) is 9.22. The van der Waals surface area contributed by atoms with Gasteiger partial charge in [0.1, 0.15) is 0 Å². The Hall–Kier alpha value is -1.02. The third kappa shape index (κ3) is 6.13. The third-order valence-corrected chi connectivity index (χ3v) is 1.45. The highest BCUT2D eigenvalue weighted by molar-refractivity contribution is 5.84. The maximum Gasteiger partial charge on any atom is 0.344 e. The number of nitrogens with one attached hydrogen (secondary N) is 1. The van der Waals surface area contributed by atoms with Crippen LogP contribution in [0.1, 0.15) is 0 Å². The van der Waals surface area contributed by atoms with Gasteiger partial charge < -0.3 is 18.9 Å². The van der Waals surface area contributed by atoms with Crippen LogP contribution in [0.3, 0.4) is 0 Å². The summed E-state index contributed by atoms with van der Waals surface area (Å²) < 4.78 is 19.1. The highest BCUT2D eigenvalue weighted by atomic mass is 16.7. The molecule has 0 radical (unpaired) electrons. The molecule has 0 aromatic carbocycles. The van der Waals surface area contributed by atoms with Crippen LogP contribution in [-0.4, -0.2) is 53.4 Å². The van der Waals surface area contributed by atoms with E-state index in [2.05, 4.69) is 10.3 Å². The van der Waals surface area contributed by atoms with Crippen molar-refractivity contribution < 1.29 is 23.7 Å². The van der Waals surface area contributed by atoms with Gasteiger partial charge in [-0.2, -0.15) is 0 Å². The molecular weight excluding hydrogens is 204 g/mol. The van der Waals surface area contributed by atoms with Gasteiger partial charge in [0.15, 0.2) is 6.29 Å². The van der Waals surface area contributed by atoms with Gasteiger partial charge in [-0.15, -0.1) is 0 Å². The van der Waals surface area contributed by atoms with E-state index in [4.69, 9.17) is 18.9 Å². The normalized spacial score (nSPS) is 11.6. The van der Waals surface area contributed by atoms with Gasteiger partial charge in [-0.1, -0.05) is 0 Å². The minimum Gasteiger partial charge on any atom is -0.351 e. The summed E-state index contributed by atoms with van der Waals surface area (Å²) in [4.78, 5) is 14.6. The summed E-state index contributed by atoms with van der Waals surface area (Å²) in [6, 6.07) is -0.609. The van der Waals surface area contributed by atoms with E-state index in [1.165, 1.54) is 34.7 Å². The summed E-state index contributed by atoms with van der Waals surface area (Å²) in [5, 5.41) is 2.33. The van der Waals surface area contributed by atoms with Crippen molar-refractivity contribution in [3.63, 3.8) is 0 Å². The number of urea groups is 1. The van der Waals surface area contributed by atoms with Crippen molar-refractivity contribution in [3.05, 3.63) is 0 Å². The van der Waals surface area contributed by atoms with Gasteiger partial charge in [-0.25, -0.2) is 9.79 Å². The molecule has 0 bridgehead atoms. The van der Waals surface area contributed by atoms with E-state index in [9.17, 15) is 4.79 Å². The van der Waals surface area contributed by atoms with Crippen molar-refractivity contribution in [1.82, 2.24) is 5.32 Å². The van der Waals surface area contributed by atoms with E-state index >= 15 is 0 Å². The number of aliphatic imine (C=N–C) groups is 1. The number of methoxy groups -OCH3 is 4. The number of amides is 2. The number of carbonyl (C=O) groups excluding carboxylic acids is 1. The smallest absolute Gasteiger partial charge is 0.344 e. The molecule has 0 rings (SSSR count). The lowest BCUT2D eigenvalue weighted by Crippen LogP contribution is -2.36. The predicted molar refractivity (Wildman–Crippen MR) is 52.6 cm³/mol. The van der Waals surface area contributed by atoms with Crippen LogP contribution in [0, 0.1) is 0 Å². The Kier molecular flexibility index (Phi) is 7.74. The van der Waals surface area contributed by atoms with Gasteiger partial charge >= 0.3 is 6.03 Å². The highest BCUT2D eigenvalue weighted by Gasteiger charge is 2.08.